The topological polar surface area (TPSA) is 108 Å². The van der Waals surface area contributed by atoms with E-state index in [2.05, 4.69) is 10.1 Å². The largest absolute Gasteiger partial charge is 0.467 e. The van der Waals surface area contributed by atoms with Gasteiger partial charge in [0.1, 0.15) is 18.7 Å². The maximum atomic E-state index is 13.0. The van der Waals surface area contributed by atoms with Crippen molar-refractivity contribution in [3.63, 3.8) is 0 Å². The maximum Gasteiger partial charge on any atom is 0.328 e. The lowest BCUT2D eigenvalue weighted by atomic mass is 10.1. The van der Waals surface area contributed by atoms with E-state index in [1.54, 1.807) is 12.1 Å². The Morgan fingerprint density at radius 2 is 1.77 bits per heavy atom. The van der Waals surface area contributed by atoms with Crippen LogP contribution in [-0.4, -0.2) is 100 Å². The highest BCUT2D eigenvalue weighted by molar-refractivity contribution is 5.96. The van der Waals surface area contributed by atoms with Gasteiger partial charge in [0.25, 0.3) is 5.91 Å². The lowest BCUT2D eigenvalue weighted by Crippen LogP contribution is -2.63. The molecule has 0 spiro atoms. The lowest BCUT2D eigenvalue weighted by molar-refractivity contribution is -0.149. The standard InChI is InChI=1S/C21H30N4O6/c1-14(21(29)31-5)22-19(27)17-12-24(10-11-25(17)18(26)13-30-4)20(28)15-6-8-16(9-7-15)23(2)3/h6-9,14,17H,10-13H2,1-5H3,(H,22,27)/t14-,17+/m1/s1. The number of carbonyl (C=O) groups excluding carboxylic acids is 4. The average Bonchev–Trinajstić information content (AvgIpc) is 2.77. The van der Waals surface area contributed by atoms with Gasteiger partial charge in [-0.15, -0.1) is 0 Å². The molecule has 0 aromatic heterocycles. The predicted molar refractivity (Wildman–Crippen MR) is 114 cm³/mol. The van der Waals surface area contributed by atoms with Crippen LogP contribution in [0.25, 0.3) is 0 Å². The number of anilines is 1. The summed E-state index contributed by atoms with van der Waals surface area (Å²) in [5, 5.41) is 2.55. The van der Waals surface area contributed by atoms with Crippen molar-refractivity contribution in [2.75, 3.05) is 59.5 Å². The lowest BCUT2D eigenvalue weighted by Gasteiger charge is -2.40. The van der Waals surface area contributed by atoms with Gasteiger partial charge in [-0.2, -0.15) is 0 Å². The highest BCUT2D eigenvalue weighted by Crippen LogP contribution is 2.17. The molecule has 1 fully saturated rings. The van der Waals surface area contributed by atoms with E-state index in [0.717, 1.165) is 5.69 Å². The molecule has 0 bridgehead atoms. The second-order valence-corrected chi connectivity index (χ2v) is 7.48. The second-order valence-electron chi connectivity index (χ2n) is 7.48. The van der Waals surface area contributed by atoms with Crippen LogP contribution in [-0.2, 0) is 23.9 Å². The molecule has 170 valence electrons. The van der Waals surface area contributed by atoms with Crippen molar-refractivity contribution in [3.8, 4) is 0 Å². The fraction of sp³-hybridized carbons (Fsp3) is 0.524. The molecule has 1 N–H and O–H groups in total. The van der Waals surface area contributed by atoms with Crippen molar-refractivity contribution >= 4 is 29.4 Å². The fourth-order valence-electron chi connectivity index (χ4n) is 3.33. The number of benzene rings is 1. The number of piperazine rings is 1. The first-order valence-corrected chi connectivity index (χ1v) is 9.92. The number of methoxy groups -OCH3 is 2. The minimum absolute atomic E-state index is 0.00342. The Bertz CT molecular complexity index is 811. The van der Waals surface area contributed by atoms with Gasteiger partial charge in [-0.3, -0.25) is 14.4 Å². The number of nitrogens with one attached hydrogen (secondary N) is 1. The fourth-order valence-corrected chi connectivity index (χ4v) is 3.33. The molecule has 1 aromatic rings. The normalized spacial score (nSPS) is 17.0. The van der Waals surface area contributed by atoms with Gasteiger partial charge in [0.2, 0.25) is 11.8 Å². The van der Waals surface area contributed by atoms with E-state index in [1.165, 1.54) is 30.9 Å². The van der Waals surface area contributed by atoms with Crippen molar-refractivity contribution in [2.45, 2.75) is 19.0 Å². The molecule has 1 saturated heterocycles. The smallest absolute Gasteiger partial charge is 0.328 e. The van der Waals surface area contributed by atoms with Crippen LogP contribution in [0.3, 0.4) is 0 Å². The first kappa shape index (κ1) is 24.1. The Morgan fingerprint density at radius 1 is 1.13 bits per heavy atom. The van der Waals surface area contributed by atoms with Crippen LogP contribution in [0.5, 0.6) is 0 Å². The SMILES string of the molecule is COCC(=O)N1CCN(C(=O)c2ccc(N(C)C)cc2)C[C@H]1C(=O)N[C@H](C)C(=O)OC. The van der Waals surface area contributed by atoms with Crippen LogP contribution < -0.4 is 10.2 Å². The number of esters is 1. The highest BCUT2D eigenvalue weighted by atomic mass is 16.5. The van der Waals surface area contributed by atoms with Crippen molar-refractivity contribution in [2.24, 2.45) is 0 Å². The Hall–Kier alpha value is -3.14. The van der Waals surface area contributed by atoms with Gasteiger partial charge < -0.3 is 29.5 Å². The first-order chi connectivity index (χ1) is 14.7. The summed E-state index contributed by atoms with van der Waals surface area (Å²) >= 11 is 0. The van der Waals surface area contributed by atoms with E-state index in [9.17, 15) is 19.2 Å². The van der Waals surface area contributed by atoms with Crippen molar-refractivity contribution in [1.82, 2.24) is 15.1 Å². The van der Waals surface area contributed by atoms with Crippen LogP contribution in [0, 0.1) is 0 Å². The minimum atomic E-state index is -0.950. The molecule has 10 heteroatoms. The molecular formula is C21H30N4O6. The van der Waals surface area contributed by atoms with E-state index in [1.807, 2.05) is 31.1 Å². The van der Waals surface area contributed by atoms with Gasteiger partial charge >= 0.3 is 5.97 Å². The van der Waals surface area contributed by atoms with Crippen molar-refractivity contribution in [1.29, 1.82) is 0 Å². The van der Waals surface area contributed by atoms with E-state index in [0.29, 0.717) is 5.56 Å². The molecule has 1 aliphatic heterocycles. The molecule has 1 aromatic carbocycles. The van der Waals surface area contributed by atoms with Gasteiger partial charge in [-0.05, 0) is 31.2 Å². The molecule has 0 unspecified atom stereocenters. The summed E-state index contributed by atoms with van der Waals surface area (Å²) < 4.78 is 9.55. The number of rotatable bonds is 7. The molecule has 1 aliphatic rings. The zero-order valence-electron chi connectivity index (χ0n) is 18.6. The van der Waals surface area contributed by atoms with Gasteiger partial charge in [0, 0.05) is 45.5 Å². The van der Waals surface area contributed by atoms with Gasteiger partial charge in [0.05, 0.1) is 13.7 Å². The van der Waals surface area contributed by atoms with E-state index in [4.69, 9.17) is 4.74 Å². The molecule has 2 rings (SSSR count). The van der Waals surface area contributed by atoms with E-state index < -0.39 is 24.0 Å². The van der Waals surface area contributed by atoms with Crippen molar-refractivity contribution in [3.05, 3.63) is 29.8 Å². The molecule has 1 heterocycles. The van der Waals surface area contributed by atoms with Crippen molar-refractivity contribution < 1.29 is 28.7 Å². The maximum absolute atomic E-state index is 13.0. The van der Waals surface area contributed by atoms with Crippen LogP contribution in [0.4, 0.5) is 5.69 Å². The second kappa shape index (κ2) is 10.8. The summed E-state index contributed by atoms with van der Waals surface area (Å²) in [6.45, 7) is 1.76. The number of ether oxygens (including phenoxy) is 2. The molecular weight excluding hydrogens is 404 g/mol. The minimum Gasteiger partial charge on any atom is -0.467 e. The van der Waals surface area contributed by atoms with E-state index >= 15 is 0 Å². The van der Waals surface area contributed by atoms with Crippen LogP contribution in [0.15, 0.2) is 24.3 Å². The molecule has 0 radical (unpaired) electrons. The van der Waals surface area contributed by atoms with E-state index in [-0.39, 0.29) is 38.1 Å². The number of nitrogens with zero attached hydrogens (tertiary/aromatic N) is 3. The van der Waals surface area contributed by atoms with Crippen LogP contribution in [0.2, 0.25) is 0 Å². The Kier molecular flexibility index (Phi) is 8.38. The highest BCUT2D eigenvalue weighted by Gasteiger charge is 2.38. The van der Waals surface area contributed by atoms with Gasteiger partial charge in [-0.1, -0.05) is 0 Å². The number of hydrogen-bond donors (Lipinski definition) is 1. The molecule has 3 amide bonds. The summed E-state index contributed by atoms with van der Waals surface area (Å²) in [6, 6.07) is 5.31. The molecule has 2 atom stereocenters. The predicted octanol–water partition coefficient (Wildman–Crippen LogP) is -0.270. The summed E-state index contributed by atoms with van der Waals surface area (Å²) in [6.07, 6.45) is 0. The average molecular weight is 434 g/mol. The number of hydrogen-bond acceptors (Lipinski definition) is 7. The van der Waals surface area contributed by atoms with Gasteiger partial charge in [-0.25, -0.2) is 4.79 Å². The van der Waals surface area contributed by atoms with Crippen LogP contribution in [0.1, 0.15) is 17.3 Å². The summed E-state index contributed by atoms with van der Waals surface area (Å²) in [7, 11) is 6.43. The number of carbonyl (C=O) groups is 4. The summed E-state index contributed by atoms with van der Waals surface area (Å²) in [5.74, 6) is -1.74. The first-order valence-electron chi connectivity index (χ1n) is 9.92. The zero-order valence-corrected chi connectivity index (χ0v) is 18.6. The number of amides is 3. The quantitative estimate of drug-likeness (QED) is 0.589. The summed E-state index contributed by atoms with van der Waals surface area (Å²) in [5.41, 5.74) is 1.45. The third kappa shape index (κ3) is 5.94. The zero-order chi connectivity index (χ0) is 23.1. The third-order valence-corrected chi connectivity index (χ3v) is 5.10. The molecule has 10 nitrogen and oxygen atoms in total. The molecule has 31 heavy (non-hydrogen) atoms. The monoisotopic (exact) mass is 434 g/mol. The summed E-state index contributed by atoms with van der Waals surface area (Å²) in [4.78, 5) is 54.9. The third-order valence-electron chi connectivity index (χ3n) is 5.10. The van der Waals surface area contributed by atoms with Gasteiger partial charge in [0.15, 0.2) is 0 Å². The molecule has 0 aliphatic carbocycles. The van der Waals surface area contributed by atoms with Crippen LogP contribution >= 0.6 is 0 Å². The Balaban J connectivity index is 2.19. The Morgan fingerprint density at radius 3 is 2.32 bits per heavy atom. The Labute approximate surface area is 182 Å². The molecule has 0 saturated carbocycles.